The van der Waals surface area contributed by atoms with Crippen LogP contribution in [0, 0.1) is 5.92 Å². The van der Waals surface area contributed by atoms with Gasteiger partial charge in [-0.15, -0.1) is 0 Å². The number of nitrogens with one attached hydrogen (secondary N) is 1. The van der Waals surface area contributed by atoms with E-state index in [1.165, 1.54) is 0 Å². The van der Waals surface area contributed by atoms with Crippen LogP contribution >= 0.6 is 0 Å². The highest BCUT2D eigenvalue weighted by Gasteiger charge is 2.01. The van der Waals surface area contributed by atoms with E-state index in [-0.39, 0.29) is 5.91 Å². The first kappa shape index (κ1) is 33.1. The molecule has 0 aliphatic rings. The zero-order valence-electron chi connectivity index (χ0n) is 21.7. The van der Waals surface area contributed by atoms with Crippen molar-refractivity contribution < 1.29 is 42.7 Å². The minimum atomic E-state index is -0.0456. The molecule has 0 aromatic rings. The molecular formula is C24H49NO9. The lowest BCUT2D eigenvalue weighted by molar-refractivity contribution is -0.122. The van der Waals surface area contributed by atoms with Gasteiger partial charge in [0.15, 0.2) is 0 Å². The molecule has 0 fully saturated rings. The molecule has 0 bridgehead atoms. The molecule has 0 atom stereocenters. The van der Waals surface area contributed by atoms with E-state index < -0.39 is 0 Å². The molecule has 34 heavy (non-hydrogen) atoms. The van der Waals surface area contributed by atoms with Gasteiger partial charge in [0.1, 0.15) is 0 Å². The van der Waals surface area contributed by atoms with Gasteiger partial charge in [-0.25, -0.2) is 0 Å². The van der Waals surface area contributed by atoms with E-state index >= 15 is 0 Å². The van der Waals surface area contributed by atoms with Crippen molar-refractivity contribution >= 4 is 5.91 Å². The quantitative estimate of drug-likeness (QED) is 0.162. The first-order valence-corrected chi connectivity index (χ1v) is 12.6. The number of rotatable bonds is 28. The minimum absolute atomic E-state index is 0.0456. The lowest BCUT2D eigenvalue weighted by atomic mass is 10.1. The molecule has 10 heteroatoms. The molecule has 0 saturated carbocycles. The molecule has 0 aliphatic carbocycles. The van der Waals surface area contributed by atoms with Crippen molar-refractivity contribution in [2.24, 2.45) is 5.92 Å². The fourth-order valence-corrected chi connectivity index (χ4v) is 2.40. The van der Waals surface area contributed by atoms with Crippen LogP contribution in [0.15, 0.2) is 0 Å². The normalized spacial score (nSPS) is 11.4. The third-order valence-electron chi connectivity index (χ3n) is 4.32. The van der Waals surface area contributed by atoms with Gasteiger partial charge in [-0.05, 0) is 19.3 Å². The van der Waals surface area contributed by atoms with E-state index in [1.807, 2.05) is 6.92 Å². The molecule has 0 heterocycles. The predicted molar refractivity (Wildman–Crippen MR) is 129 cm³/mol. The molecule has 0 saturated heterocycles. The van der Waals surface area contributed by atoms with Gasteiger partial charge >= 0.3 is 0 Å². The SMILES string of the molecule is CCOCCOCCOCCOCCOCCOCCNC(=O)CCOCCOCCC(C)C. The van der Waals surface area contributed by atoms with Gasteiger partial charge < -0.3 is 43.2 Å². The van der Waals surface area contributed by atoms with Gasteiger partial charge in [-0.3, -0.25) is 4.79 Å². The Balaban J connectivity index is 3.13. The summed E-state index contributed by atoms with van der Waals surface area (Å²) in [4.78, 5) is 11.7. The average Bonchev–Trinajstić information content (AvgIpc) is 2.82. The van der Waals surface area contributed by atoms with Crippen LogP contribution in [0.1, 0.15) is 33.6 Å². The Kier molecular flexibility index (Phi) is 27.7. The van der Waals surface area contributed by atoms with Crippen molar-refractivity contribution in [2.45, 2.75) is 33.6 Å². The maximum Gasteiger partial charge on any atom is 0.222 e. The van der Waals surface area contributed by atoms with Gasteiger partial charge in [0.2, 0.25) is 5.91 Å². The predicted octanol–water partition coefficient (Wildman–Crippen LogP) is 1.69. The Morgan fingerprint density at radius 1 is 0.559 bits per heavy atom. The minimum Gasteiger partial charge on any atom is -0.379 e. The first-order chi connectivity index (χ1) is 16.7. The fourth-order valence-electron chi connectivity index (χ4n) is 2.40. The monoisotopic (exact) mass is 495 g/mol. The summed E-state index contributed by atoms with van der Waals surface area (Å²) in [7, 11) is 0. The van der Waals surface area contributed by atoms with Crippen molar-refractivity contribution in [3.63, 3.8) is 0 Å². The Hall–Kier alpha value is -0.850. The van der Waals surface area contributed by atoms with E-state index in [1.54, 1.807) is 0 Å². The molecule has 0 radical (unpaired) electrons. The van der Waals surface area contributed by atoms with E-state index in [4.69, 9.17) is 37.9 Å². The van der Waals surface area contributed by atoms with Crippen molar-refractivity contribution in [1.29, 1.82) is 0 Å². The zero-order valence-corrected chi connectivity index (χ0v) is 21.7. The summed E-state index contributed by atoms with van der Waals surface area (Å²) in [5.41, 5.74) is 0. The standard InChI is InChI=1S/C24H49NO9/c1-4-27-11-12-31-17-18-33-21-22-34-20-19-32-16-15-30-10-7-25-24(26)6-9-29-14-13-28-8-5-23(2)3/h23H,4-22H2,1-3H3,(H,25,26). The molecule has 10 nitrogen and oxygen atoms in total. The second kappa shape index (κ2) is 28.4. The Labute approximate surface area is 206 Å². The van der Waals surface area contributed by atoms with Crippen LogP contribution in [-0.2, 0) is 42.7 Å². The molecule has 0 unspecified atom stereocenters. The molecule has 1 amide bonds. The number of hydrogen-bond acceptors (Lipinski definition) is 9. The molecule has 1 N–H and O–H groups in total. The van der Waals surface area contributed by atoms with Gasteiger partial charge in [-0.2, -0.15) is 0 Å². The molecule has 0 spiro atoms. The van der Waals surface area contributed by atoms with Gasteiger partial charge in [-0.1, -0.05) is 13.8 Å². The maximum absolute atomic E-state index is 11.7. The number of hydrogen-bond donors (Lipinski definition) is 1. The van der Waals surface area contributed by atoms with Crippen LogP contribution < -0.4 is 5.32 Å². The molecule has 0 aromatic carbocycles. The average molecular weight is 496 g/mol. The Morgan fingerprint density at radius 2 is 0.941 bits per heavy atom. The summed E-state index contributed by atoms with van der Waals surface area (Å²) >= 11 is 0. The van der Waals surface area contributed by atoms with Gasteiger partial charge in [0.05, 0.1) is 92.5 Å². The summed E-state index contributed by atoms with van der Waals surface area (Å²) in [5.74, 6) is 0.598. The number of carbonyl (C=O) groups is 1. The summed E-state index contributed by atoms with van der Waals surface area (Å²) in [5, 5.41) is 2.80. The molecule has 0 aliphatic heterocycles. The zero-order chi connectivity index (χ0) is 25.0. The lowest BCUT2D eigenvalue weighted by Crippen LogP contribution is -2.28. The van der Waals surface area contributed by atoms with Gasteiger partial charge in [0, 0.05) is 26.2 Å². The number of carbonyl (C=O) groups excluding carboxylic acids is 1. The third kappa shape index (κ3) is 29.2. The second-order valence-electron chi connectivity index (χ2n) is 7.77. The van der Waals surface area contributed by atoms with Crippen molar-refractivity contribution in [3.8, 4) is 0 Å². The van der Waals surface area contributed by atoms with Crippen LogP contribution in [0.4, 0.5) is 0 Å². The third-order valence-corrected chi connectivity index (χ3v) is 4.32. The summed E-state index contributed by atoms with van der Waals surface area (Å²) in [6.45, 7) is 15.5. The van der Waals surface area contributed by atoms with E-state index in [9.17, 15) is 4.79 Å². The smallest absolute Gasteiger partial charge is 0.222 e. The molecular weight excluding hydrogens is 446 g/mol. The Bertz CT molecular complexity index is 414. The summed E-state index contributed by atoms with van der Waals surface area (Å²) < 4.78 is 43.0. The lowest BCUT2D eigenvalue weighted by Gasteiger charge is -2.09. The molecule has 204 valence electrons. The van der Waals surface area contributed by atoms with Crippen molar-refractivity contribution in [3.05, 3.63) is 0 Å². The highest BCUT2D eigenvalue weighted by atomic mass is 16.6. The van der Waals surface area contributed by atoms with Crippen LogP contribution in [-0.4, -0.2) is 118 Å². The fraction of sp³-hybridized carbons (Fsp3) is 0.958. The highest BCUT2D eigenvalue weighted by molar-refractivity contribution is 5.75. The first-order valence-electron chi connectivity index (χ1n) is 12.6. The molecule has 0 rings (SSSR count). The van der Waals surface area contributed by atoms with Gasteiger partial charge in [0.25, 0.3) is 0 Å². The van der Waals surface area contributed by atoms with E-state index in [0.717, 1.165) is 13.0 Å². The second-order valence-corrected chi connectivity index (χ2v) is 7.77. The van der Waals surface area contributed by atoms with Crippen molar-refractivity contribution in [1.82, 2.24) is 5.32 Å². The maximum atomic E-state index is 11.7. The van der Waals surface area contributed by atoms with Crippen LogP contribution in [0.3, 0.4) is 0 Å². The van der Waals surface area contributed by atoms with Crippen molar-refractivity contribution in [2.75, 3.05) is 112 Å². The number of ether oxygens (including phenoxy) is 8. The van der Waals surface area contributed by atoms with E-state index in [0.29, 0.717) is 118 Å². The van der Waals surface area contributed by atoms with Crippen LogP contribution in [0.2, 0.25) is 0 Å². The van der Waals surface area contributed by atoms with Crippen LogP contribution in [0.25, 0.3) is 0 Å². The highest BCUT2D eigenvalue weighted by Crippen LogP contribution is 1.98. The Morgan fingerprint density at radius 3 is 1.38 bits per heavy atom. The molecule has 0 aromatic heterocycles. The largest absolute Gasteiger partial charge is 0.379 e. The van der Waals surface area contributed by atoms with Crippen LogP contribution in [0.5, 0.6) is 0 Å². The summed E-state index contributed by atoms with van der Waals surface area (Å²) in [6.07, 6.45) is 1.39. The van der Waals surface area contributed by atoms with E-state index in [2.05, 4.69) is 19.2 Å². The summed E-state index contributed by atoms with van der Waals surface area (Å²) in [6, 6.07) is 0. The number of amides is 1. The topological polar surface area (TPSA) is 103 Å².